The number of rotatable bonds is 2. The second kappa shape index (κ2) is 8.48. The summed E-state index contributed by atoms with van der Waals surface area (Å²) >= 11 is 7.80. The summed E-state index contributed by atoms with van der Waals surface area (Å²) in [4.78, 5) is 13.0. The van der Waals surface area contributed by atoms with Crippen molar-refractivity contribution in [2.45, 2.75) is 97.8 Å². The minimum Gasteiger partial charge on any atom is -0.295 e. The van der Waals surface area contributed by atoms with Crippen molar-refractivity contribution in [3.63, 3.8) is 0 Å². The Morgan fingerprint density at radius 2 is 1.33 bits per heavy atom. The first-order valence-electron chi connectivity index (χ1n) is 12.1. The van der Waals surface area contributed by atoms with Crippen molar-refractivity contribution in [3.05, 3.63) is 71.7 Å². The van der Waals surface area contributed by atoms with E-state index < -0.39 is 0 Å². The number of fused-ring (bicyclic) bond motifs is 1. The van der Waals surface area contributed by atoms with Gasteiger partial charge in [0.05, 0.1) is 0 Å². The fraction of sp³-hybridized carbons (Fsp3) is 0.500. The Balaban J connectivity index is 1.82. The van der Waals surface area contributed by atoms with Gasteiger partial charge in [-0.3, -0.25) is 4.79 Å². The highest BCUT2D eigenvalue weighted by Gasteiger charge is 2.38. The topological polar surface area (TPSA) is 17.1 Å². The molecular weight excluding hydrogens is 536 g/mol. The van der Waals surface area contributed by atoms with Crippen molar-refractivity contribution in [1.29, 1.82) is 0 Å². The maximum absolute atomic E-state index is 13.0. The third-order valence-corrected chi connectivity index (χ3v) is 10.3. The summed E-state index contributed by atoms with van der Waals surface area (Å²) in [7, 11) is 0. The number of hydrogen-bond donors (Lipinski definition) is 0. The van der Waals surface area contributed by atoms with E-state index in [0.717, 1.165) is 16.5 Å². The van der Waals surface area contributed by atoms with Crippen LogP contribution in [-0.2, 0) is 15.6 Å². The Hall–Kier alpha value is -1.19. The minimum absolute atomic E-state index is 0.143. The van der Waals surface area contributed by atoms with E-state index >= 15 is 0 Å². The van der Waals surface area contributed by atoms with Crippen molar-refractivity contribution in [2.75, 3.05) is 0 Å². The van der Waals surface area contributed by atoms with E-state index in [9.17, 15) is 4.79 Å². The third-order valence-electron chi connectivity index (χ3n) is 8.60. The quantitative estimate of drug-likeness (QED) is 0.351. The molecular formula is C30H36Br2O. The molecule has 1 unspecified atom stereocenters. The Labute approximate surface area is 216 Å². The summed E-state index contributed by atoms with van der Waals surface area (Å²) in [5, 5.41) is 0. The van der Waals surface area contributed by atoms with E-state index in [0.29, 0.717) is 6.42 Å². The molecule has 0 heterocycles. The van der Waals surface area contributed by atoms with Crippen LogP contribution in [0.25, 0.3) is 5.57 Å². The SMILES string of the molecule is Cc1c(C)c(C)c(C2CC(=O)C=C(c3cc4c(cc3Br)C(C)(C)CCC4(C)C)C2)c(Br)c1C. The molecule has 0 bridgehead atoms. The van der Waals surface area contributed by atoms with Gasteiger partial charge in [-0.2, -0.15) is 0 Å². The summed E-state index contributed by atoms with van der Waals surface area (Å²) in [6.45, 7) is 18.2. The lowest BCUT2D eigenvalue weighted by atomic mass is 9.62. The Morgan fingerprint density at radius 1 is 0.788 bits per heavy atom. The van der Waals surface area contributed by atoms with E-state index in [-0.39, 0.29) is 22.5 Å². The largest absolute Gasteiger partial charge is 0.295 e. The predicted octanol–water partition coefficient (Wildman–Crippen LogP) is 9.32. The minimum atomic E-state index is 0.143. The normalized spacial score (nSPS) is 21.6. The first-order valence-corrected chi connectivity index (χ1v) is 13.7. The van der Waals surface area contributed by atoms with Crippen LogP contribution in [0.4, 0.5) is 0 Å². The van der Waals surface area contributed by atoms with Crippen molar-refractivity contribution >= 4 is 43.2 Å². The number of carbonyl (C=O) groups excluding carboxylic acids is 1. The fourth-order valence-electron chi connectivity index (χ4n) is 5.90. The molecule has 3 heteroatoms. The second-order valence-corrected chi connectivity index (χ2v) is 13.3. The maximum atomic E-state index is 13.0. The molecule has 176 valence electrons. The van der Waals surface area contributed by atoms with Crippen LogP contribution in [0.3, 0.4) is 0 Å². The van der Waals surface area contributed by atoms with Crippen molar-refractivity contribution in [2.24, 2.45) is 0 Å². The average molecular weight is 572 g/mol. The molecule has 2 aromatic carbocycles. The molecule has 2 aromatic rings. The van der Waals surface area contributed by atoms with E-state index in [4.69, 9.17) is 0 Å². The van der Waals surface area contributed by atoms with Gasteiger partial charge in [0, 0.05) is 15.4 Å². The number of allylic oxidation sites excluding steroid dienone is 2. The molecule has 33 heavy (non-hydrogen) atoms. The number of benzene rings is 2. The van der Waals surface area contributed by atoms with Gasteiger partial charge < -0.3 is 0 Å². The highest BCUT2D eigenvalue weighted by atomic mass is 79.9. The van der Waals surface area contributed by atoms with Gasteiger partial charge in [-0.1, -0.05) is 59.6 Å². The molecule has 0 radical (unpaired) electrons. The van der Waals surface area contributed by atoms with Gasteiger partial charge >= 0.3 is 0 Å². The van der Waals surface area contributed by atoms with Crippen LogP contribution in [0.2, 0.25) is 0 Å². The van der Waals surface area contributed by atoms with Crippen molar-refractivity contribution in [3.8, 4) is 0 Å². The maximum Gasteiger partial charge on any atom is 0.156 e. The molecule has 1 nitrogen and oxygen atoms in total. The summed E-state index contributed by atoms with van der Waals surface area (Å²) in [5.41, 5.74) is 12.1. The molecule has 0 spiro atoms. The van der Waals surface area contributed by atoms with Crippen LogP contribution in [0.5, 0.6) is 0 Å². The smallest absolute Gasteiger partial charge is 0.156 e. The number of hydrogen-bond acceptors (Lipinski definition) is 1. The Morgan fingerprint density at radius 3 is 1.94 bits per heavy atom. The first kappa shape index (κ1) is 24.9. The van der Waals surface area contributed by atoms with Crippen molar-refractivity contribution < 1.29 is 4.79 Å². The lowest BCUT2D eigenvalue weighted by molar-refractivity contribution is -0.115. The van der Waals surface area contributed by atoms with Gasteiger partial charge in [0.25, 0.3) is 0 Å². The molecule has 0 aliphatic heterocycles. The van der Waals surface area contributed by atoms with Crippen LogP contribution in [0.1, 0.15) is 104 Å². The zero-order valence-electron chi connectivity index (χ0n) is 21.3. The van der Waals surface area contributed by atoms with Crippen LogP contribution in [0.15, 0.2) is 27.2 Å². The highest BCUT2D eigenvalue weighted by molar-refractivity contribution is 9.10. The number of halogens is 2. The van der Waals surface area contributed by atoms with Gasteiger partial charge in [0.15, 0.2) is 5.78 Å². The molecule has 2 aliphatic rings. The third kappa shape index (κ3) is 4.22. The standard InChI is InChI=1S/C30H36Br2O/c1-16-17(2)19(4)28(32)27(18(16)3)21-11-20(12-22(33)13-21)23-14-24-25(15-26(23)31)30(7,8)10-9-29(24,5)6/h12,14-15,21H,9-11,13H2,1-8H3. The van der Waals surface area contributed by atoms with Crippen LogP contribution < -0.4 is 0 Å². The van der Waals surface area contributed by atoms with E-state index in [1.54, 1.807) is 0 Å². The van der Waals surface area contributed by atoms with Gasteiger partial charge in [0.2, 0.25) is 0 Å². The van der Waals surface area contributed by atoms with Gasteiger partial charge in [0.1, 0.15) is 0 Å². The fourth-order valence-corrected chi connectivity index (χ4v) is 7.42. The molecule has 0 fully saturated rings. The average Bonchev–Trinajstić information content (AvgIpc) is 2.74. The Kier molecular flexibility index (Phi) is 6.41. The lowest BCUT2D eigenvalue weighted by Crippen LogP contribution is -2.34. The van der Waals surface area contributed by atoms with Gasteiger partial charge in [-0.25, -0.2) is 0 Å². The van der Waals surface area contributed by atoms with Crippen LogP contribution in [0, 0.1) is 27.7 Å². The molecule has 0 N–H and O–H groups in total. The number of ketones is 1. The molecule has 0 amide bonds. The highest BCUT2D eigenvalue weighted by Crippen LogP contribution is 2.50. The van der Waals surface area contributed by atoms with Crippen LogP contribution >= 0.6 is 31.9 Å². The summed E-state index contributed by atoms with van der Waals surface area (Å²) in [6.07, 6.45) is 5.74. The Bertz CT molecular complexity index is 1170. The second-order valence-electron chi connectivity index (χ2n) is 11.6. The first-order chi connectivity index (χ1) is 15.2. The van der Waals surface area contributed by atoms with E-state index in [2.05, 4.69) is 99.4 Å². The van der Waals surface area contributed by atoms with Gasteiger partial charge in [-0.05, 0) is 132 Å². The molecule has 0 aromatic heterocycles. The van der Waals surface area contributed by atoms with Crippen molar-refractivity contribution in [1.82, 2.24) is 0 Å². The summed E-state index contributed by atoms with van der Waals surface area (Å²) in [5.74, 6) is 0.421. The summed E-state index contributed by atoms with van der Waals surface area (Å²) in [6, 6.07) is 4.72. The zero-order valence-corrected chi connectivity index (χ0v) is 24.5. The lowest BCUT2D eigenvalue weighted by Gasteiger charge is -2.42. The monoisotopic (exact) mass is 570 g/mol. The van der Waals surface area contributed by atoms with Gasteiger partial charge in [-0.15, -0.1) is 0 Å². The molecule has 2 aliphatic carbocycles. The number of carbonyl (C=O) groups is 1. The van der Waals surface area contributed by atoms with E-state index in [1.807, 2.05) is 6.08 Å². The molecule has 0 saturated heterocycles. The van der Waals surface area contributed by atoms with Crippen LogP contribution in [-0.4, -0.2) is 5.78 Å². The zero-order chi connectivity index (χ0) is 24.5. The predicted molar refractivity (Wildman–Crippen MR) is 147 cm³/mol. The molecule has 0 saturated carbocycles. The van der Waals surface area contributed by atoms with E-state index in [1.165, 1.54) is 61.8 Å². The molecule has 4 rings (SSSR count). The summed E-state index contributed by atoms with van der Waals surface area (Å²) < 4.78 is 2.29. The molecule has 1 atom stereocenters.